The fourth-order valence-electron chi connectivity index (χ4n) is 1.98. The van der Waals surface area contributed by atoms with E-state index >= 15 is 0 Å². The average molecular weight is 277 g/mol. The maximum atomic E-state index is 13.3. The number of nitrogens with zero attached hydrogens (tertiary/aromatic N) is 2. The van der Waals surface area contributed by atoms with Gasteiger partial charge >= 0.3 is 0 Å². The second-order valence-electron chi connectivity index (χ2n) is 4.57. The van der Waals surface area contributed by atoms with Crippen molar-refractivity contribution < 1.29 is 9.31 Å². The predicted molar refractivity (Wildman–Crippen MR) is 75.1 cm³/mol. The summed E-state index contributed by atoms with van der Waals surface area (Å²) in [6, 6.07) is 5.45. The van der Waals surface area contributed by atoms with Crippen molar-refractivity contribution in [3.63, 3.8) is 0 Å². The minimum Gasteiger partial charge on any atom is -0.381 e. The SMILES string of the molecule is CCCn1ccc(CNc2cc(F)cc([N+](=O)[O-])c2)c1. The third kappa shape index (κ3) is 3.57. The maximum absolute atomic E-state index is 13.3. The van der Waals surface area contributed by atoms with Gasteiger partial charge in [0, 0.05) is 37.2 Å². The first kappa shape index (κ1) is 14.0. The highest BCUT2D eigenvalue weighted by atomic mass is 19.1. The monoisotopic (exact) mass is 277 g/mol. The predicted octanol–water partition coefficient (Wildman–Crippen LogP) is 3.56. The van der Waals surface area contributed by atoms with Crippen molar-refractivity contribution in [2.24, 2.45) is 0 Å². The smallest absolute Gasteiger partial charge is 0.274 e. The Morgan fingerprint density at radius 3 is 2.90 bits per heavy atom. The van der Waals surface area contributed by atoms with E-state index in [-0.39, 0.29) is 5.69 Å². The molecule has 0 bridgehead atoms. The molecule has 6 heteroatoms. The van der Waals surface area contributed by atoms with Gasteiger partial charge in [-0.2, -0.15) is 0 Å². The van der Waals surface area contributed by atoms with Crippen molar-refractivity contribution in [3.8, 4) is 0 Å². The quantitative estimate of drug-likeness (QED) is 0.648. The average Bonchev–Trinajstić information content (AvgIpc) is 2.84. The molecule has 1 N–H and O–H groups in total. The molecule has 0 aliphatic carbocycles. The number of nitro benzene ring substituents is 1. The van der Waals surface area contributed by atoms with Gasteiger partial charge in [-0.3, -0.25) is 10.1 Å². The van der Waals surface area contributed by atoms with Crippen LogP contribution in [0.3, 0.4) is 0 Å². The highest BCUT2D eigenvalue weighted by Crippen LogP contribution is 2.20. The number of non-ortho nitro benzene ring substituents is 1. The van der Waals surface area contributed by atoms with E-state index in [9.17, 15) is 14.5 Å². The fourth-order valence-corrected chi connectivity index (χ4v) is 1.98. The van der Waals surface area contributed by atoms with Crippen molar-refractivity contribution in [1.29, 1.82) is 0 Å². The van der Waals surface area contributed by atoms with Crippen LogP contribution in [0.15, 0.2) is 36.7 Å². The lowest BCUT2D eigenvalue weighted by molar-refractivity contribution is -0.385. The molecule has 2 rings (SSSR count). The third-order valence-corrected chi connectivity index (χ3v) is 2.88. The van der Waals surface area contributed by atoms with E-state index in [1.165, 1.54) is 12.1 Å². The molecule has 106 valence electrons. The highest BCUT2D eigenvalue weighted by molar-refractivity contribution is 5.51. The van der Waals surface area contributed by atoms with Gasteiger partial charge in [0.1, 0.15) is 5.82 Å². The number of anilines is 1. The molecule has 0 spiro atoms. The Morgan fingerprint density at radius 2 is 2.20 bits per heavy atom. The fraction of sp³-hybridized carbons (Fsp3) is 0.286. The molecule has 0 atom stereocenters. The van der Waals surface area contributed by atoms with Crippen LogP contribution in [0.4, 0.5) is 15.8 Å². The van der Waals surface area contributed by atoms with E-state index in [2.05, 4.69) is 16.8 Å². The van der Waals surface area contributed by atoms with Gasteiger partial charge in [-0.25, -0.2) is 4.39 Å². The normalized spacial score (nSPS) is 10.5. The summed E-state index contributed by atoms with van der Waals surface area (Å²) in [7, 11) is 0. The van der Waals surface area contributed by atoms with Crippen LogP contribution in [0.5, 0.6) is 0 Å². The van der Waals surface area contributed by atoms with Gasteiger partial charge in [-0.1, -0.05) is 6.92 Å². The maximum Gasteiger partial charge on any atom is 0.274 e. The molecular weight excluding hydrogens is 261 g/mol. The molecule has 0 saturated carbocycles. The van der Waals surface area contributed by atoms with Crippen molar-refractivity contribution in [2.75, 3.05) is 5.32 Å². The Labute approximate surface area is 116 Å². The molecule has 1 aromatic carbocycles. The molecule has 5 nitrogen and oxygen atoms in total. The summed E-state index contributed by atoms with van der Waals surface area (Å²) < 4.78 is 15.3. The molecule has 0 saturated heterocycles. The van der Waals surface area contributed by atoms with E-state index in [4.69, 9.17) is 0 Å². The summed E-state index contributed by atoms with van der Waals surface area (Å²) in [4.78, 5) is 10.1. The van der Waals surface area contributed by atoms with Gasteiger partial charge in [-0.15, -0.1) is 0 Å². The minimum atomic E-state index is -0.620. The van der Waals surface area contributed by atoms with E-state index in [0.29, 0.717) is 12.2 Å². The Hall–Kier alpha value is -2.37. The zero-order valence-corrected chi connectivity index (χ0v) is 11.2. The molecule has 0 aliphatic heterocycles. The number of aryl methyl sites for hydroxylation is 1. The summed E-state index contributed by atoms with van der Waals surface area (Å²) in [5, 5.41) is 13.7. The Kier molecular flexibility index (Phi) is 4.34. The third-order valence-electron chi connectivity index (χ3n) is 2.88. The summed E-state index contributed by atoms with van der Waals surface area (Å²) in [5.74, 6) is -0.620. The van der Waals surface area contributed by atoms with Gasteiger partial charge < -0.3 is 9.88 Å². The molecule has 2 aromatic rings. The first-order chi connectivity index (χ1) is 9.58. The number of hydrogen-bond acceptors (Lipinski definition) is 3. The lowest BCUT2D eigenvalue weighted by Crippen LogP contribution is -2.00. The lowest BCUT2D eigenvalue weighted by atomic mass is 10.2. The van der Waals surface area contributed by atoms with Crippen LogP contribution in [0.2, 0.25) is 0 Å². The number of rotatable bonds is 6. The second-order valence-corrected chi connectivity index (χ2v) is 4.57. The van der Waals surface area contributed by atoms with E-state index in [0.717, 1.165) is 24.6 Å². The zero-order chi connectivity index (χ0) is 14.5. The molecule has 0 fully saturated rings. The summed E-state index contributed by atoms with van der Waals surface area (Å²) in [6.45, 7) is 3.55. The summed E-state index contributed by atoms with van der Waals surface area (Å²) in [5.41, 5.74) is 1.20. The Bertz CT molecular complexity index is 610. The molecule has 0 unspecified atom stereocenters. The highest BCUT2D eigenvalue weighted by Gasteiger charge is 2.09. The number of hydrogen-bond donors (Lipinski definition) is 1. The molecule has 0 amide bonds. The van der Waals surface area contributed by atoms with Crippen LogP contribution in [0, 0.1) is 15.9 Å². The topological polar surface area (TPSA) is 60.1 Å². The first-order valence-corrected chi connectivity index (χ1v) is 6.42. The van der Waals surface area contributed by atoms with Gasteiger partial charge in [0.2, 0.25) is 0 Å². The number of nitrogens with one attached hydrogen (secondary N) is 1. The number of halogens is 1. The largest absolute Gasteiger partial charge is 0.381 e. The van der Waals surface area contributed by atoms with Crippen molar-refractivity contribution in [1.82, 2.24) is 4.57 Å². The van der Waals surface area contributed by atoms with E-state index in [1.807, 2.05) is 18.5 Å². The van der Waals surface area contributed by atoms with Crippen LogP contribution in [0.25, 0.3) is 0 Å². The first-order valence-electron chi connectivity index (χ1n) is 6.42. The summed E-state index contributed by atoms with van der Waals surface area (Å²) >= 11 is 0. The number of aromatic nitrogens is 1. The van der Waals surface area contributed by atoms with Gasteiger partial charge in [0.05, 0.1) is 11.0 Å². The van der Waals surface area contributed by atoms with Crippen LogP contribution in [-0.2, 0) is 13.1 Å². The molecule has 0 aliphatic rings. The van der Waals surface area contributed by atoms with Gasteiger partial charge in [0.15, 0.2) is 0 Å². The van der Waals surface area contributed by atoms with Crippen molar-refractivity contribution >= 4 is 11.4 Å². The van der Waals surface area contributed by atoms with Crippen molar-refractivity contribution in [2.45, 2.75) is 26.4 Å². The van der Waals surface area contributed by atoms with Crippen molar-refractivity contribution in [3.05, 3.63) is 58.2 Å². The molecule has 0 radical (unpaired) electrons. The van der Waals surface area contributed by atoms with Crippen LogP contribution >= 0.6 is 0 Å². The molecule has 20 heavy (non-hydrogen) atoms. The van der Waals surface area contributed by atoms with Crippen LogP contribution in [0.1, 0.15) is 18.9 Å². The van der Waals surface area contributed by atoms with Crippen LogP contribution < -0.4 is 5.32 Å². The van der Waals surface area contributed by atoms with Crippen LogP contribution in [-0.4, -0.2) is 9.49 Å². The molecule has 1 heterocycles. The zero-order valence-electron chi connectivity index (χ0n) is 11.2. The Morgan fingerprint density at radius 1 is 1.40 bits per heavy atom. The summed E-state index contributed by atoms with van der Waals surface area (Å²) in [6.07, 6.45) is 5.04. The standard InChI is InChI=1S/C14H16FN3O2/c1-2-4-17-5-3-11(10-17)9-16-13-6-12(15)7-14(8-13)18(19)20/h3,5-8,10,16H,2,4,9H2,1H3. The van der Waals surface area contributed by atoms with E-state index in [1.54, 1.807) is 0 Å². The second kappa shape index (κ2) is 6.18. The molecule has 1 aromatic heterocycles. The Balaban J connectivity index is 2.04. The molecular formula is C14H16FN3O2. The number of benzene rings is 1. The van der Waals surface area contributed by atoms with Gasteiger partial charge in [0.25, 0.3) is 5.69 Å². The minimum absolute atomic E-state index is 0.254. The lowest BCUT2D eigenvalue weighted by Gasteiger charge is -2.05. The number of nitro groups is 1. The van der Waals surface area contributed by atoms with Gasteiger partial charge in [-0.05, 0) is 24.1 Å². The van der Waals surface area contributed by atoms with E-state index < -0.39 is 10.7 Å².